The van der Waals surface area contributed by atoms with Gasteiger partial charge in [-0.1, -0.05) is 36.5 Å². The van der Waals surface area contributed by atoms with Gasteiger partial charge in [0.05, 0.1) is 0 Å². The molecule has 0 amide bonds. The van der Waals surface area contributed by atoms with E-state index >= 15 is 0 Å². The van der Waals surface area contributed by atoms with E-state index in [1.54, 1.807) is 0 Å². The largest absolute Gasteiger partial charge is 0.346 e. The lowest BCUT2D eigenvalue weighted by molar-refractivity contribution is -0.0162. The molecule has 1 aliphatic heterocycles. The highest BCUT2D eigenvalue weighted by Gasteiger charge is 2.63. The van der Waals surface area contributed by atoms with Crippen LogP contribution in [0.15, 0.2) is 88.3 Å². The fraction of sp³-hybridized carbons (Fsp3) is 0.375. The van der Waals surface area contributed by atoms with Crippen molar-refractivity contribution >= 4 is 0 Å². The van der Waals surface area contributed by atoms with Crippen LogP contribution >= 0.6 is 0 Å². The molecule has 1 aromatic heterocycles. The lowest BCUT2D eigenvalue weighted by Gasteiger charge is -2.46. The average Bonchev–Trinajstić information content (AvgIpc) is 3.27. The molecule has 1 saturated heterocycles. The summed E-state index contributed by atoms with van der Waals surface area (Å²) in [7, 11) is 0. The maximum Gasteiger partial charge on any atom is 0.142 e. The van der Waals surface area contributed by atoms with Crippen molar-refractivity contribution in [2.75, 3.05) is 13.1 Å². The lowest BCUT2D eigenvalue weighted by atomic mass is 9.81. The predicted molar refractivity (Wildman–Crippen MR) is 120 cm³/mol. The van der Waals surface area contributed by atoms with Gasteiger partial charge < -0.3 is 4.98 Å². The monoisotopic (exact) mass is 378 g/mol. The molecule has 1 aliphatic rings. The molecule has 1 aromatic rings. The number of aromatic amines is 1. The smallest absolute Gasteiger partial charge is 0.142 e. The van der Waals surface area contributed by atoms with E-state index in [0.29, 0.717) is 13.0 Å². The van der Waals surface area contributed by atoms with Gasteiger partial charge in [-0.05, 0) is 19.3 Å². The van der Waals surface area contributed by atoms with Crippen LogP contribution in [0.2, 0.25) is 0 Å². The molecule has 4 heteroatoms. The third-order valence-electron chi connectivity index (χ3n) is 5.79. The summed E-state index contributed by atoms with van der Waals surface area (Å²) in [6.07, 6.45) is 18.8. The van der Waals surface area contributed by atoms with Gasteiger partial charge in [-0.25, -0.2) is 4.98 Å². The summed E-state index contributed by atoms with van der Waals surface area (Å²) in [5.41, 5.74) is -0.710. The first kappa shape index (κ1) is 21.9. The fourth-order valence-electron chi connectivity index (χ4n) is 4.98. The van der Waals surface area contributed by atoms with Crippen LogP contribution in [-0.2, 0) is 5.66 Å². The summed E-state index contributed by atoms with van der Waals surface area (Å²) in [5.74, 6) is 0.903. The first-order valence-electron chi connectivity index (χ1n) is 9.82. The molecule has 2 rings (SSSR count). The SMILES string of the molecule is C=CCC1N(CC=C)C(CC=C)(c2ncc[nH]2)N(CC=C)C1(CC=C)CC=C. The van der Waals surface area contributed by atoms with Crippen LogP contribution in [-0.4, -0.2) is 44.4 Å². The van der Waals surface area contributed by atoms with Crippen molar-refractivity contribution in [1.82, 2.24) is 19.8 Å². The lowest BCUT2D eigenvalue weighted by Crippen LogP contribution is -2.56. The van der Waals surface area contributed by atoms with Crippen molar-refractivity contribution in [3.63, 3.8) is 0 Å². The van der Waals surface area contributed by atoms with Gasteiger partial charge in [-0.3, -0.25) is 9.80 Å². The highest BCUT2D eigenvalue weighted by Crippen LogP contribution is 2.53. The molecule has 0 aromatic carbocycles. The van der Waals surface area contributed by atoms with Crippen LogP contribution in [0.1, 0.15) is 31.5 Å². The molecule has 0 bridgehead atoms. The van der Waals surface area contributed by atoms with E-state index in [1.165, 1.54) is 0 Å². The predicted octanol–water partition coefficient (Wildman–Crippen LogP) is 4.96. The summed E-state index contributed by atoms with van der Waals surface area (Å²) in [6.45, 7) is 25.8. The van der Waals surface area contributed by atoms with E-state index in [9.17, 15) is 0 Å². The Kier molecular flexibility index (Phi) is 7.55. The molecule has 0 spiro atoms. The first-order valence-corrected chi connectivity index (χ1v) is 9.82. The van der Waals surface area contributed by atoms with Gasteiger partial charge in [0.25, 0.3) is 0 Å². The zero-order valence-corrected chi connectivity index (χ0v) is 17.0. The van der Waals surface area contributed by atoms with Crippen LogP contribution in [0.4, 0.5) is 0 Å². The molecular weight excluding hydrogens is 344 g/mol. The first-order chi connectivity index (χ1) is 13.6. The maximum absolute atomic E-state index is 4.70. The number of H-pyrrole nitrogens is 1. The Labute approximate surface area is 170 Å². The number of rotatable bonds is 13. The fourth-order valence-corrected chi connectivity index (χ4v) is 4.98. The standard InChI is InChI=1S/C24H34N4/c1-7-13-21-23(14-8-2,15-9-3)28(20-12-6)24(16-10-4,27(21)19-11-5)22-25-17-18-26-22/h7-12,17-18,21H,1-6,13-16,19-20H2,(H,25,26). The zero-order valence-electron chi connectivity index (χ0n) is 17.0. The summed E-state index contributed by atoms with van der Waals surface area (Å²) in [6, 6.07) is 0.184. The van der Waals surface area contributed by atoms with Crippen molar-refractivity contribution in [1.29, 1.82) is 0 Å². The second kappa shape index (κ2) is 9.67. The summed E-state index contributed by atoms with van der Waals surface area (Å²) in [4.78, 5) is 13.1. The summed E-state index contributed by atoms with van der Waals surface area (Å²) in [5, 5.41) is 0. The van der Waals surface area contributed by atoms with Gasteiger partial charge in [-0.15, -0.1) is 39.5 Å². The van der Waals surface area contributed by atoms with Crippen molar-refractivity contribution < 1.29 is 0 Å². The van der Waals surface area contributed by atoms with Crippen molar-refractivity contribution in [3.8, 4) is 0 Å². The molecule has 4 nitrogen and oxygen atoms in total. The van der Waals surface area contributed by atoms with Gasteiger partial charge in [0.2, 0.25) is 0 Å². The van der Waals surface area contributed by atoms with Gasteiger partial charge >= 0.3 is 0 Å². The Bertz CT molecular complexity index is 692. The van der Waals surface area contributed by atoms with Crippen LogP contribution < -0.4 is 0 Å². The molecule has 2 heterocycles. The summed E-state index contributed by atoms with van der Waals surface area (Å²) >= 11 is 0. The van der Waals surface area contributed by atoms with Crippen LogP contribution in [0.5, 0.6) is 0 Å². The highest BCUT2D eigenvalue weighted by atomic mass is 15.5. The quantitative estimate of drug-likeness (QED) is 0.493. The minimum Gasteiger partial charge on any atom is -0.346 e. The number of aromatic nitrogens is 2. The van der Waals surface area contributed by atoms with E-state index in [-0.39, 0.29) is 11.6 Å². The van der Waals surface area contributed by atoms with Crippen LogP contribution in [0, 0.1) is 0 Å². The Hall–Kier alpha value is -2.43. The molecule has 0 radical (unpaired) electrons. The van der Waals surface area contributed by atoms with Crippen LogP contribution in [0.25, 0.3) is 0 Å². The van der Waals surface area contributed by atoms with E-state index in [1.807, 2.05) is 48.8 Å². The van der Waals surface area contributed by atoms with Crippen LogP contribution in [0.3, 0.4) is 0 Å². The molecule has 2 unspecified atom stereocenters. The topological polar surface area (TPSA) is 35.2 Å². The maximum atomic E-state index is 4.70. The van der Waals surface area contributed by atoms with Crippen molar-refractivity contribution in [2.45, 2.75) is 42.9 Å². The minimum absolute atomic E-state index is 0.184. The molecule has 0 saturated carbocycles. The number of nitrogens with one attached hydrogen (secondary N) is 1. The number of imidazole rings is 1. The third kappa shape index (κ3) is 3.38. The Morgan fingerprint density at radius 1 is 0.893 bits per heavy atom. The highest BCUT2D eigenvalue weighted by molar-refractivity contribution is 5.26. The molecule has 150 valence electrons. The number of hydrogen-bond acceptors (Lipinski definition) is 3. The molecule has 0 aliphatic carbocycles. The molecule has 1 N–H and O–H groups in total. The third-order valence-corrected chi connectivity index (χ3v) is 5.79. The van der Waals surface area contributed by atoms with E-state index in [4.69, 9.17) is 4.98 Å². The normalized spacial score (nSPS) is 24.5. The second-order valence-corrected chi connectivity index (χ2v) is 7.22. The molecule has 28 heavy (non-hydrogen) atoms. The van der Waals surface area contributed by atoms with Gasteiger partial charge in [-0.2, -0.15) is 0 Å². The Morgan fingerprint density at radius 2 is 1.54 bits per heavy atom. The van der Waals surface area contributed by atoms with Gasteiger partial charge in [0.1, 0.15) is 11.5 Å². The molecule has 2 atom stereocenters. The summed E-state index contributed by atoms with van der Waals surface area (Å²) < 4.78 is 0. The average molecular weight is 379 g/mol. The number of nitrogens with zero attached hydrogens (tertiary/aromatic N) is 3. The van der Waals surface area contributed by atoms with Gasteiger partial charge in [0, 0.05) is 43.5 Å². The zero-order chi connectivity index (χ0) is 20.6. The van der Waals surface area contributed by atoms with E-state index in [2.05, 4.69) is 54.3 Å². The van der Waals surface area contributed by atoms with Crippen molar-refractivity contribution in [2.24, 2.45) is 0 Å². The van der Waals surface area contributed by atoms with E-state index < -0.39 is 5.66 Å². The second-order valence-electron chi connectivity index (χ2n) is 7.22. The Balaban J connectivity index is 2.87. The minimum atomic E-state index is -0.493. The Morgan fingerprint density at radius 3 is 2.00 bits per heavy atom. The van der Waals surface area contributed by atoms with Crippen molar-refractivity contribution in [3.05, 3.63) is 94.1 Å². The van der Waals surface area contributed by atoms with Gasteiger partial charge in [0.15, 0.2) is 0 Å². The molecule has 1 fully saturated rings. The van der Waals surface area contributed by atoms with E-state index in [0.717, 1.165) is 31.6 Å². The molecular formula is C24H34N4. The number of hydrogen-bond donors (Lipinski definition) is 1.